The first-order valence-electron chi connectivity index (χ1n) is 5.93. The molecular formula is C12H14N4O4. The molecule has 0 fully saturated rings. The van der Waals surface area contributed by atoms with Gasteiger partial charge in [0, 0.05) is 6.54 Å². The molecule has 0 bridgehead atoms. The molecule has 0 saturated heterocycles. The van der Waals surface area contributed by atoms with Crippen LogP contribution in [0.5, 0.6) is 0 Å². The van der Waals surface area contributed by atoms with E-state index >= 15 is 0 Å². The van der Waals surface area contributed by atoms with Gasteiger partial charge in [-0.2, -0.15) is 5.10 Å². The van der Waals surface area contributed by atoms with E-state index in [9.17, 15) is 15.2 Å². The average Bonchev–Trinajstić information content (AvgIpc) is 2.95. The van der Waals surface area contributed by atoms with Crippen molar-refractivity contribution >= 4 is 11.4 Å². The Balaban J connectivity index is 2.24. The lowest BCUT2D eigenvalue weighted by Gasteiger charge is -2.13. The van der Waals surface area contributed by atoms with E-state index in [1.54, 1.807) is 24.3 Å². The van der Waals surface area contributed by atoms with Crippen LogP contribution in [0.15, 0.2) is 36.7 Å². The van der Waals surface area contributed by atoms with E-state index in [4.69, 9.17) is 5.11 Å². The van der Waals surface area contributed by atoms with Gasteiger partial charge in [0.15, 0.2) is 0 Å². The average molecular weight is 278 g/mol. The van der Waals surface area contributed by atoms with Crippen LogP contribution in [0, 0.1) is 10.1 Å². The SMILES string of the molecule is O=[N+]([O-])c1cnn(-c2ccccc2NCC(O)CO)c1. The minimum atomic E-state index is -0.880. The molecule has 1 heterocycles. The zero-order valence-electron chi connectivity index (χ0n) is 10.5. The Morgan fingerprint density at radius 1 is 1.45 bits per heavy atom. The summed E-state index contributed by atoms with van der Waals surface area (Å²) in [4.78, 5) is 10.1. The molecule has 8 heteroatoms. The Labute approximate surface area is 114 Å². The van der Waals surface area contributed by atoms with E-state index in [2.05, 4.69) is 10.4 Å². The number of nitro groups is 1. The Kier molecular flexibility index (Phi) is 4.28. The number of hydrogen-bond donors (Lipinski definition) is 3. The van der Waals surface area contributed by atoms with Crippen molar-refractivity contribution in [2.24, 2.45) is 0 Å². The largest absolute Gasteiger partial charge is 0.394 e. The van der Waals surface area contributed by atoms with Gasteiger partial charge >= 0.3 is 5.69 Å². The van der Waals surface area contributed by atoms with Crippen molar-refractivity contribution in [3.05, 3.63) is 46.8 Å². The van der Waals surface area contributed by atoms with Crippen LogP contribution in [0.2, 0.25) is 0 Å². The molecule has 106 valence electrons. The molecule has 0 aliphatic heterocycles. The lowest BCUT2D eigenvalue weighted by molar-refractivity contribution is -0.384. The van der Waals surface area contributed by atoms with Crippen LogP contribution in [0.1, 0.15) is 0 Å². The minimum absolute atomic E-state index is 0.102. The zero-order valence-corrected chi connectivity index (χ0v) is 10.5. The summed E-state index contributed by atoms with van der Waals surface area (Å²) in [6.07, 6.45) is 1.59. The maximum atomic E-state index is 10.7. The summed E-state index contributed by atoms with van der Waals surface area (Å²) in [7, 11) is 0. The summed E-state index contributed by atoms with van der Waals surface area (Å²) in [5.74, 6) is 0. The second-order valence-electron chi connectivity index (χ2n) is 4.13. The quantitative estimate of drug-likeness (QED) is 0.525. The van der Waals surface area contributed by atoms with Gasteiger partial charge in [0.05, 0.1) is 29.0 Å². The van der Waals surface area contributed by atoms with E-state index in [0.29, 0.717) is 11.4 Å². The van der Waals surface area contributed by atoms with Crippen LogP contribution < -0.4 is 5.32 Å². The van der Waals surface area contributed by atoms with Crippen molar-refractivity contribution in [2.75, 3.05) is 18.5 Å². The molecule has 8 nitrogen and oxygen atoms in total. The molecule has 0 spiro atoms. The highest BCUT2D eigenvalue weighted by molar-refractivity contribution is 5.61. The fourth-order valence-corrected chi connectivity index (χ4v) is 1.65. The van der Waals surface area contributed by atoms with Crippen molar-refractivity contribution in [2.45, 2.75) is 6.10 Å². The van der Waals surface area contributed by atoms with Gasteiger partial charge in [-0.1, -0.05) is 12.1 Å². The maximum absolute atomic E-state index is 10.7. The predicted molar refractivity (Wildman–Crippen MR) is 71.8 cm³/mol. The van der Waals surface area contributed by atoms with Gasteiger partial charge in [-0.25, -0.2) is 4.68 Å². The van der Waals surface area contributed by atoms with Gasteiger partial charge in [-0.05, 0) is 12.1 Å². The van der Waals surface area contributed by atoms with Crippen LogP contribution in [0.3, 0.4) is 0 Å². The molecule has 1 aromatic carbocycles. The molecule has 1 atom stereocenters. The van der Waals surface area contributed by atoms with E-state index in [0.717, 1.165) is 0 Å². The van der Waals surface area contributed by atoms with Crippen molar-refractivity contribution in [3.8, 4) is 5.69 Å². The first kappa shape index (κ1) is 14.0. The smallest absolute Gasteiger partial charge is 0.307 e. The summed E-state index contributed by atoms with van der Waals surface area (Å²) < 4.78 is 1.38. The number of hydrogen-bond acceptors (Lipinski definition) is 6. The Bertz CT molecular complexity index is 599. The fraction of sp³-hybridized carbons (Fsp3) is 0.250. The number of anilines is 1. The topological polar surface area (TPSA) is 113 Å². The third-order valence-corrected chi connectivity index (χ3v) is 2.67. The van der Waals surface area contributed by atoms with E-state index < -0.39 is 11.0 Å². The van der Waals surface area contributed by atoms with Crippen molar-refractivity contribution in [3.63, 3.8) is 0 Å². The number of benzene rings is 1. The molecule has 0 saturated carbocycles. The molecule has 0 aliphatic carbocycles. The van der Waals surface area contributed by atoms with Gasteiger partial charge in [-0.3, -0.25) is 10.1 Å². The zero-order chi connectivity index (χ0) is 14.5. The third-order valence-electron chi connectivity index (χ3n) is 2.67. The molecule has 0 amide bonds. The highest BCUT2D eigenvalue weighted by Crippen LogP contribution is 2.21. The standard InChI is InChI=1S/C12H14N4O4/c17-8-10(18)6-13-11-3-1-2-4-12(11)15-7-9(5-14-15)16(19)20/h1-5,7,10,13,17-18H,6,8H2. The highest BCUT2D eigenvalue weighted by atomic mass is 16.6. The Morgan fingerprint density at radius 3 is 2.85 bits per heavy atom. The first-order chi connectivity index (χ1) is 9.61. The van der Waals surface area contributed by atoms with Crippen LogP contribution >= 0.6 is 0 Å². The van der Waals surface area contributed by atoms with Crippen LogP contribution in [-0.4, -0.2) is 44.2 Å². The minimum Gasteiger partial charge on any atom is -0.394 e. The van der Waals surface area contributed by atoms with Crippen molar-refractivity contribution in [1.29, 1.82) is 0 Å². The normalized spacial score (nSPS) is 12.1. The number of nitrogens with zero attached hydrogens (tertiary/aromatic N) is 3. The number of aliphatic hydroxyl groups is 2. The second-order valence-corrected chi connectivity index (χ2v) is 4.13. The van der Waals surface area contributed by atoms with Gasteiger partial charge in [0.2, 0.25) is 0 Å². The van der Waals surface area contributed by atoms with Crippen LogP contribution in [-0.2, 0) is 0 Å². The summed E-state index contributed by atoms with van der Waals surface area (Å²) in [5.41, 5.74) is 1.17. The number of aromatic nitrogens is 2. The second kappa shape index (κ2) is 6.13. The molecular weight excluding hydrogens is 264 g/mol. The molecule has 3 N–H and O–H groups in total. The fourth-order valence-electron chi connectivity index (χ4n) is 1.65. The summed E-state index contributed by atoms with van der Waals surface area (Å²) in [6.45, 7) is -0.181. The van der Waals surface area contributed by atoms with Gasteiger partial charge in [-0.15, -0.1) is 0 Å². The number of rotatable bonds is 6. The predicted octanol–water partition coefficient (Wildman–Crippen LogP) is 0.546. The van der Waals surface area contributed by atoms with E-state index in [-0.39, 0.29) is 18.8 Å². The lowest BCUT2D eigenvalue weighted by Crippen LogP contribution is -2.23. The summed E-state index contributed by atoms with van der Waals surface area (Å²) in [6, 6.07) is 7.06. The van der Waals surface area contributed by atoms with Crippen LogP contribution in [0.25, 0.3) is 5.69 Å². The van der Waals surface area contributed by atoms with Crippen molar-refractivity contribution in [1.82, 2.24) is 9.78 Å². The number of nitrogens with one attached hydrogen (secondary N) is 1. The highest BCUT2D eigenvalue weighted by Gasteiger charge is 2.12. The van der Waals surface area contributed by atoms with Crippen LogP contribution in [0.4, 0.5) is 11.4 Å². The monoisotopic (exact) mass is 278 g/mol. The van der Waals surface area contributed by atoms with Crippen molar-refractivity contribution < 1.29 is 15.1 Å². The summed E-state index contributed by atoms with van der Waals surface area (Å²) >= 11 is 0. The lowest BCUT2D eigenvalue weighted by atomic mass is 10.2. The van der Waals surface area contributed by atoms with Gasteiger partial charge in [0.1, 0.15) is 12.4 Å². The van der Waals surface area contributed by atoms with Gasteiger partial charge < -0.3 is 15.5 Å². The number of para-hydroxylation sites is 2. The Hall–Kier alpha value is -2.45. The van der Waals surface area contributed by atoms with E-state index in [1.807, 2.05) is 0 Å². The molecule has 1 unspecified atom stereocenters. The molecule has 2 aromatic rings. The Morgan fingerprint density at radius 2 is 2.20 bits per heavy atom. The first-order valence-corrected chi connectivity index (χ1v) is 5.93. The molecule has 0 aliphatic rings. The summed E-state index contributed by atoms with van der Waals surface area (Å²) in [5, 5.41) is 35.7. The molecule has 0 radical (unpaired) electrons. The molecule has 2 rings (SSSR count). The van der Waals surface area contributed by atoms with E-state index in [1.165, 1.54) is 17.1 Å². The third kappa shape index (κ3) is 3.11. The maximum Gasteiger partial charge on any atom is 0.307 e. The molecule has 1 aromatic heterocycles. The van der Waals surface area contributed by atoms with Gasteiger partial charge in [0.25, 0.3) is 0 Å². The molecule has 20 heavy (non-hydrogen) atoms. The number of aliphatic hydroxyl groups excluding tert-OH is 2.